The van der Waals surface area contributed by atoms with E-state index in [9.17, 15) is 0 Å². The van der Waals surface area contributed by atoms with Crippen molar-refractivity contribution in [3.8, 4) is 0 Å². The molecule has 1 aliphatic rings. The number of benzene rings is 6. The van der Waals surface area contributed by atoms with E-state index in [0.29, 0.717) is 0 Å². The average Bonchev–Trinajstić information content (AvgIpc) is 2.99. The molecule has 0 heterocycles. The Balaban J connectivity index is 1.59. The van der Waals surface area contributed by atoms with Crippen molar-refractivity contribution >= 4 is 44.3 Å². The molecule has 0 amide bonds. The van der Waals surface area contributed by atoms with Gasteiger partial charge in [-0.25, -0.2) is 4.99 Å². The third kappa shape index (κ3) is 4.87. The molecule has 210 valence electrons. The van der Waals surface area contributed by atoms with Crippen LogP contribution < -0.4 is 0 Å². The Morgan fingerprint density at radius 1 is 0.465 bits per heavy atom. The van der Waals surface area contributed by atoms with E-state index in [1.54, 1.807) is 0 Å². The minimum absolute atomic E-state index is 0.0555. The minimum atomic E-state index is -0.0555. The van der Waals surface area contributed by atoms with Gasteiger partial charge in [0.25, 0.3) is 0 Å². The molecule has 1 atom stereocenters. The lowest BCUT2D eigenvalue weighted by Crippen LogP contribution is -2.32. The van der Waals surface area contributed by atoms with Crippen LogP contribution in [0.2, 0.25) is 0 Å². The summed E-state index contributed by atoms with van der Waals surface area (Å²) in [6.45, 7) is 10.9. The van der Waals surface area contributed by atoms with Crippen molar-refractivity contribution in [2.75, 3.05) is 0 Å². The highest BCUT2D eigenvalue weighted by Gasteiger charge is 2.34. The third-order valence-electron chi connectivity index (χ3n) is 9.05. The molecule has 0 spiro atoms. The van der Waals surface area contributed by atoms with Crippen LogP contribution in [-0.2, 0) is 6.42 Å². The van der Waals surface area contributed by atoms with Gasteiger partial charge < -0.3 is 0 Å². The van der Waals surface area contributed by atoms with Gasteiger partial charge in [0.05, 0.1) is 28.7 Å². The number of aryl methyl sites for hydroxylation is 5. The molecule has 2 heteroatoms. The summed E-state index contributed by atoms with van der Waals surface area (Å²) in [4.78, 5) is 11.1. The van der Waals surface area contributed by atoms with Crippen LogP contribution >= 0.6 is 0 Å². The molecule has 43 heavy (non-hydrogen) atoms. The first-order valence-electron chi connectivity index (χ1n) is 15.2. The SMILES string of the molecule is Cc1cc2ccccc2cc1C1C(=Nc2c(C)cccc2C)C(=Nc2c(C)cccc2C)Cc2cc3ccccc3cc21. The molecule has 6 aromatic rings. The lowest BCUT2D eigenvalue weighted by atomic mass is 9.74. The molecule has 0 radical (unpaired) electrons. The van der Waals surface area contributed by atoms with E-state index >= 15 is 0 Å². The zero-order valence-corrected chi connectivity index (χ0v) is 25.6. The molecule has 0 saturated heterocycles. The largest absolute Gasteiger partial charge is 0.251 e. The predicted octanol–water partition coefficient (Wildman–Crippen LogP) is 10.8. The van der Waals surface area contributed by atoms with Crippen molar-refractivity contribution in [3.63, 3.8) is 0 Å². The number of fused-ring (bicyclic) bond motifs is 3. The molecular formula is C41H36N2. The fraction of sp³-hybridized carbons (Fsp3) is 0.171. The first-order chi connectivity index (χ1) is 20.9. The predicted molar refractivity (Wildman–Crippen MR) is 184 cm³/mol. The minimum Gasteiger partial charge on any atom is -0.251 e. The summed E-state index contributed by atoms with van der Waals surface area (Å²) in [5.74, 6) is -0.0555. The van der Waals surface area contributed by atoms with Crippen molar-refractivity contribution in [1.82, 2.24) is 0 Å². The number of nitrogens with zero attached hydrogens (tertiary/aromatic N) is 2. The maximum Gasteiger partial charge on any atom is 0.0748 e. The van der Waals surface area contributed by atoms with Crippen LogP contribution in [0.1, 0.15) is 50.4 Å². The smallest absolute Gasteiger partial charge is 0.0748 e. The fourth-order valence-electron chi connectivity index (χ4n) is 6.75. The second-order valence-corrected chi connectivity index (χ2v) is 12.1. The zero-order chi connectivity index (χ0) is 29.7. The Bertz CT molecular complexity index is 2070. The van der Waals surface area contributed by atoms with E-state index < -0.39 is 0 Å². The molecule has 1 unspecified atom stereocenters. The number of hydrogen-bond acceptors (Lipinski definition) is 2. The maximum absolute atomic E-state index is 5.60. The molecule has 6 aromatic carbocycles. The van der Waals surface area contributed by atoms with Crippen molar-refractivity contribution in [1.29, 1.82) is 0 Å². The van der Waals surface area contributed by atoms with Gasteiger partial charge in [0.15, 0.2) is 0 Å². The van der Waals surface area contributed by atoms with Crippen molar-refractivity contribution in [2.45, 2.75) is 47.0 Å². The van der Waals surface area contributed by atoms with Crippen molar-refractivity contribution in [3.05, 3.63) is 154 Å². The topological polar surface area (TPSA) is 24.7 Å². The standard InChI is InChI=1S/C41H36N2/c1-25-12-10-13-26(2)39(25)42-37-24-34-21-31-17-7-9-19-33(31)23-36(34)38(41(37)43-40-27(3)14-11-15-28(40)4)35-22-32-18-8-6-16-30(32)20-29(35)5/h6-23,38H,24H2,1-5H3. The number of rotatable bonds is 3. The van der Waals surface area contributed by atoms with Crippen LogP contribution in [0.25, 0.3) is 21.5 Å². The summed E-state index contributed by atoms with van der Waals surface area (Å²) in [6.07, 6.45) is 0.737. The molecule has 0 aromatic heterocycles. The molecule has 2 nitrogen and oxygen atoms in total. The molecule has 0 bridgehead atoms. The fourth-order valence-corrected chi connectivity index (χ4v) is 6.75. The number of para-hydroxylation sites is 2. The van der Waals surface area contributed by atoms with Gasteiger partial charge in [-0.1, -0.05) is 97.1 Å². The van der Waals surface area contributed by atoms with Crippen LogP contribution in [0.5, 0.6) is 0 Å². The molecular weight excluding hydrogens is 520 g/mol. The van der Waals surface area contributed by atoms with E-state index in [4.69, 9.17) is 9.98 Å². The summed E-state index contributed by atoms with van der Waals surface area (Å²) in [6, 6.07) is 39.7. The first-order valence-corrected chi connectivity index (χ1v) is 15.2. The van der Waals surface area contributed by atoms with Gasteiger partial charge in [-0.15, -0.1) is 0 Å². The summed E-state index contributed by atoms with van der Waals surface area (Å²) in [5.41, 5.74) is 14.1. The zero-order valence-electron chi connectivity index (χ0n) is 25.6. The van der Waals surface area contributed by atoms with Crippen LogP contribution in [0, 0.1) is 34.6 Å². The molecule has 0 saturated carbocycles. The van der Waals surface area contributed by atoms with Gasteiger partial charge in [-0.05, 0) is 113 Å². The van der Waals surface area contributed by atoms with Gasteiger partial charge in [0.1, 0.15) is 0 Å². The molecule has 0 aliphatic heterocycles. The van der Waals surface area contributed by atoms with Crippen molar-refractivity contribution in [2.24, 2.45) is 9.98 Å². The van der Waals surface area contributed by atoms with E-state index in [0.717, 1.165) is 29.2 Å². The second kappa shape index (κ2) is 10.8. The van der Waals surface area contributed by atoms with E-state index in [2.05, 4.69) is 144 Å². The summed E-state index contributed by atoms with van der Waals surface area (Å²) < 4.78 is 0. The van der Waals surface area contributed by atoms with Crippen LogP contribution in [-0.4, -0.2) is 11.4 Å². The maximum atomic E-state index is 5.60. The molecule has 0 fully saturated rings. The Morgan fingerprint density at radius 3 is 1.49 bits per heavy atom. The van der Waals surface area contributed by atoms with Gasteiger partial charge in [-0.2, -0.15) is 0 Å². The monoisotopic (exact) mass is 556 g/mol. The quantitative estimate of drug-likeness (QED) is 0.207. The van der Waals surface area contributed by atoms with Crippen LogP contribution in [0.3, 0.4) is 0 Å². The van der Waals surface area contributed by atoms with Gasteiger partial charge in [-0.3, -0.25) is 4.99 Å². The average molecular weight is 557 g/mol. The number of aliphatic imine (C=N–C) groups is 2. The Kier molecular flexibility index (Phi) is 6.78. The summed E-state index contributed by atoms with van der Waals surface area (Å²) in [7, 11) is 0. The molecule has 0 N–H and O–H groups in total. The van der Waals surface area contributed by atoms with Crippen LogP contribution in [0.4, 0.5) is 11.4 Å². The van der Waals surface area contributed by atoms with Gasteiger partial charge in [0.2, 0.25) is 0 Å². The van der Waals surface area contributed by atoms with Gasteiger partial charge in [0, 0.05) is 6.42 Å². The van der Waals surface area contributed by atoms with E-state index in [-0.39, 0.29) is 5.92 Å². The highest BCUT2D eigenvalue weighted by molar-refractivity contribution is 6.47. The Morgan fingerprint density at radius 2 is 0.930 bits per heavy atom. The Labute approximate surface area is 254 Å². The number of hydrogen-bond donors (Lipinski definition) is 0. The van der Waals surface area contributed by atoms with E-state index in [1.165, 1.54) is 66.1 Å². The molecule has 1 aliphatic carbocycles. The first kappa shape index (κ1) is 27.0. The lowest BCUT2D eigenvalue weighted by Gasteiger charge is -2.31. The lowest BCUT2D eigenvalue weighted by molar-refractivity contribution is 1.01. The van der Waals surface area contributed by atoms with Crippen molar-refractivity contribution < 1.29 is 0 Å². The Hall–Kier alpha value is -4.82. The van der Waals surface area contributed by atoms with E-state index in [1.807, 2.05) is 0 Å². The van der Waals surface area contributed by atoms with Crippen LogP contribution in [0.15, 0.2) is 119 Å². The highest BCUT2D eigenvalue weighted by atomic mass is 14.8. The summed E-state index contributed by atoms with van der Waals surface area (Å²) >= 11 is 0. The van der Waals surface area contributed by atoms with Gasteiger partial charge >= 0.3 is 0 Å². The molecule has 7 rings (SSSR count). The highest BCUT2D eigenvalue weighted by Crippen LogP contribution is 2.41. The third-order valence-corrected chi connectivity index (χ3v) is 9.05. The summed E-state index contributed by atoms with van der Waals surface area (Å²) in [5, 5.41) is 5.02. The normalized spacial score (nSPS) is 16.7. The second-order valence-electron chi connectivity index (χ2n) is 12.1.